The molecule has 3 heteroatoms. The number of benzene rings is 1. The Morgan fingerprint density at radius 2 is 2.27 bits per heavy atom. The summed E-state index contributed by atoms with van der Waals surface area (Å²) in [5.74, 6) is 0.717. The smallest absolute Gasteiger partial charge is 0.150 e. The number of hydrogen-bond donors (Lipinski definition) is 1. The number of carbonyl (C=O) groups is 1. The Morgan fingerprint density at radius 1 is 1.47 bits per heavy atom. The number of methoxy groups -OCH3 is 1. The highest BCUT2D eigenvalue weighted by molar-refractivity contribution is 5.77. The van der Waals surface area contributed by atoms with Crippen molar-refractivity contribution in [3.63, 3.8) is 0 Å². The molecule has 0 aromatic heterocycles. The van der Waals surface area contributed by atoms with Gasteiger partial charge in [0.25, 0.3) is 0 Å². The lowest BCUT2D eigenvalue weighted by Crippen LogP contribution is -1.89. The first-order chi connectivity index (χ1) is 7.31. The van der Waals surface area contributed by atoms with Crippen molar-refractivity contribution in [2.45, 2.75) is 6.42 Å². The van der Waals surface area contributed by atoms with Crippen LogP contribution >= 0.6 is 0 Å². The van der Waals surface area contributed by atoms with E-state index >= 15 is 0 Å². The van der Waals surface area contributed by atoms with Crippen LogP contribution in [-0.4, -0.2) is 25.1 Å². The van der Waals surface area contributed by atoms with E-state index in [1.165, 1.54) is 0 Å². The van der Waals surface area contributed by atoms with E-state index in [9.17, 15) is 4.79 Å². The summed E-state index contributed by atoms with van der Waals surface area (Å²) in [7, 11) is 1.58. The summed E-state index contributed by atoms with van der Waals surface area (Å²) >= 11 is 0. The van der Waals surface area contributed by atoms with E-state index in [1.54, 1.807) is 25.3 Å². The Balaban J connectivity index is 2.95. The predicted octanol–water partition coefficient (Wildman–Crippen LogP) is 1.90. The molecule has 0 saturated heterocycles. The molecule has 0 aliphatic rings. The van der Waals surface area contributed by atoms with Gasteiger partial charge < -0.3 is 9.84 Å². The van der Waals surface area contributed by atoms with Gasteiger partial charge in [-0.3, -0.25) is 4.79 Å². The molecular formula is C12H14O3. The molecule has 0 radical (unpaired) electrons. The fraction of sp³-hybridized carbons (Fsp3) is 0.250. The van der Waals surface area contributed by atoms with Gasteiger partial charge in [-0.1, -0.05) is 12.2 Å². The van der Waals surface area contributed by atoms with Crippen molar-refractivity contribution >= 4 is 12.4 Å². The van der Waals surface area contributed by atoms with Crippen LogP contribution < -0.4 is 4.74 Å². The Bertz CT molecular complexity index is 356. The first-order valence-electron chi connectivity index (χ1n) is 4.72. The maximum Gasteiger partial charge on any atom is 0.150 e. The summed E-state index contributed by atoms with van der Waals surface area (Å²) in [4.78, 5) is 10.6. The van der Waals surface area contributed by atoms with E-state index in [4.69, 9.17) is 9.84 Å². The lowest BCUT2D eigenvalue weighted by molar-refractivity contribution is 0.112. The predicted molar refractivity (Wildman–Crippen MR) is 59.1 cm³/mol. The van der Waals surface area contributed by atoms with Crippen LogP contribution in [0.15, 0.2) is 24.3 Å². The normalized spacial score (nSPS) is 10.5. The fourth-order valence-electron chi connectivity index (χ4n) is 1.24. The molecule has 0 bridgehead atoms. The van der Waals surface area contributed by atoms with Crippen LogP contribution in [0.1, 0.15) is 22.3 Å². The number of ether oxygens (including phenoxy) is 1. The maximum atomic E-state index is 10.6. The molecular weight excluding hydrogens is 192 g/mol. The Labute approximate surface area is 89.0 Å². The zero-order valence-corrected chi connectivity index (χ0v) is 8.64. The van der Waals surface area contributed by atoms with Crippen LogP contribution in [0.4, 0.5) is 0 Å². The molecule has 1 rings (SSSR count). The Hall–Kier alpha value is -1.61. The van der Waals surface area contributed by atoms with E-state index in [0.29, 0.717) is 12.0 Å². The minimum absolute atomic E-state index is 0.117. The monoisotopic (exact) mass is 206 g/mol. The van der Waals surface area contributed by atoms with Gasteiger partial charge in [0.15, 0.2) is 0 Å². The molecule has 3 nitrogen and oxygen atoms in total. The van der Waals surface area contributed by atoms with Crippen molar-refractivity contribution in [1.29, 1.82) is 0 Å². The molecule has 80 valence electrons. The van der Waals surface area contributed by atoms with Crippen molar-refractivity contribution < 1.29 is 14.6 Å². The van der Waals surface area contributed by atoms with Gasteiger partial charge in [-0.2, -0.15) is 0 Å². The minimum atomic E-state index is 0.117. The van der Waals surface area contributed by atoms with Gasteiger partial charge in [-0.25, -0.2) is 0 Å². The molecule has 0 spiro atoms. The second kappa shape index (κ2) is 5.98. The van der Waals surface area contributed by atoms with Crippen LogP contribution in [0, 0.1) is 0 Å². The standard InChI is InChI=1S/C12H14O3/c1-15-12-6-5-10(9-14)8-11(12)4-2-3-7-13/h2,4-6,8-9,13H,3,7H2,1H3. The third kappa shape index (κ3) is 3.22. The van der Waals surface area contributed by atoms with Crippen molar-refractivity contribution in [3.05, 3.63) is 35.4 Å². The summed E-state index contributed by atoms with van der Waals surface area (Å²) in [5, 5.41) is 8.63. The number of carbonyl (C=O) groups excluding carboxylic acids is 1. The van der Waals surface area contributed by atoms with E-state index in [2.05, 4.69) is 0 Å². The summed E-state index contributed by atoms with van der Waals surface area (Å²) in [6.45, 7) is 0.117. The van der Waals surface area contributed by atoms with Crippen LogP contribution in [0.2, 0.25) is 0 Å². The highest BCUT2D eigenvalue weighted by Gasteiger charge is 2.00. The molecule has 1 aromatic carbocycles. The summed E-state index contributed by atoms with van der Waals surface area (Å²) in [6, 6.07) is 5.21. The van der Waals surface area contributed by atoms with Gasteiger partial charge in [-0.05, 0) is 24.6 Å². The lowest BCUT2D eigenvalue weighted by atomic mass is 10.1. The van der Waals surface area contributed by atoms with Gasteiger partial charge in [-0.15, -0.1) is 0 Å². The highest BCUT2D eigenvalue weighted by Crippen LogP contribution is 2.20. The SMILES string of the molecule is COc1ccc(C=O)cc1C=CCCO. The van der Waals surface area contributed by atoms with Gasteiger partial charge in [0.05, 0.1) is 7.11 Å². The van der Waals surface area contributed by atoms with Crippen LogP contribution in [-0.2, 0) is 0 Å². The van der Waals surface area contributed by atoms with Gasteiger partial charge in [0.1, 0.15) is 12.0 Å². The zero-order valence-electron chi connectivity index (χ0n) is 8.64. The number of hydrogen-bond acceptors (Lipinski definition) is 3. The van der Waals surface area contributed by atoms with Crippen molar-refractivity contribution in [3.8, 4) is 5.75 Å². The molecule has 0 heterocycles. The lowest BCUT2D eigenvalue weighted by Gasteiger charge is -2.04. The maximum absolute atomic E-state index is 10.6. The fourth-order valence-corrected chi connectivity index (χ4v) is 1.24. The summed E-state index contributed by atoms with van der Waals surface area (Å²) in [5.41, 5.74) is 1.45. The molecule has 0 unspecified atom stereocenters. The van der Waals surface area contributed by atoms with Crippen molar-refractivity contribution in [2.75, 3.05) is 13.7 Å². The number of rotatable bonds is 5. The van der Waals surface area contributed by atoms with Gasteiger partial charge in [0, 0.05) is 17.7 Å². The average Bonchev–Trinajstić information content (AvgIpc) is 2.29. The van der Waals surface area contributed by atoms with Gasteiger partial charge >= 0.3 is 0 Å². The molecule has 0 fully saturated rings. The molecule has 0 saturated carbocycles. The number of aldehydes is 1. The quantitative estimate of drug-likeness (QED) is 0.748. The Kier molecular flexibility index (Phi) is 4.57. The third-order valence-electron chi connectivity index (χ3n) is 1.98. The highest BCUT2D eigenvalue weighted by atomic mass is 16.5. The molecule has 1 N–H and O–H groups in total. The van der Waals surface area contributed by atoms with E-state index in [-0.39, 0.29) is 6.61 Å². The topological polar surface area (TPSA) is 46.5 Å². The van der Waals surface area contributed by atoms with Crippen LogP contribution in [0.25, 0.3) is 6.08 Å². The largest absolute Gasteiger partial charge is 0.496 e. The summed E-state index contributed by atoms with van der Waals surface area (Å²) < 4.78 is 5.15. The molecule has 1 aromatic rings. The number of aliphatic hydroxyl groups excluding tert-OH is 1. The van der Waals surface area contributed by atoms with Crippen molar-refractivity contribution in [2.24, 2.45) is 0 Å². The van der Waals surface area contributed by atoms with E-state index in [0.717, 1.165) is 17.6 Å². The molecule has 15 heavy (non-hydrogen) atoms. The molecule has 0 atom stereocenters. The van der Waals surface area contributed by atoms with Crippen molar-refractivity contribution in [1.82, 2.24) is 0 Å². The van der Waals surface area contributed by atoms with E-state index in [1.807, 2.05) is 12.2 Å². The molecule has 0 amide bonds. The second-order valence-corrected chi connectivity index (χ2v) is 3.03. The third-order valence-corrected chi connectivity index (χ3v) is 1.98. The summed E-state index contributed by atoms with van der Waals surface area (Å²) in [6.07, 6.45) is 5.06. The van der Waals surface area contributed by atoms with Crippen LogP contribution in [0.3, 0.4) is 0 Å². The molecule has 0 aliphatic carbocycles. The zero-order chi connectivity index (χ0) is 11.1. The first-order valence-corrected chi connectivity index (χ1v) is 4.72. The first kappa shape index (κ1) is 11.5. The van der Waals surface area contributed by atoms with E-state index < -0.39 is 0 Å². The average molecular weight is 206 g/mol. The van der Waals surface area contributed by atoms with Gasteiger partial charge in [0.2, 0.25) is 0 Å². The van der Waals surface area contributed by atoms with Crippen LogP contribution in [0.5, 0.6) is 5.75 Å². The second-order valence-electron chi connectivity index (χ2n) is 3.03. The minimum Gasteiger partial charge on any atom is -0.496 e. The Morgan fingerprint density at radius 3 is 2.87 bits per heavy atom. The molecule has 0 aliphatic heterocycles. The number of aliphatic hydroxyl groups is 1.